The molecule has 0 aliphatic heterocycles. The van der Waals surface area contributed by atoms with Gasteiger partial charge in [0.05, 0.1) is 25.0 Å². The molecule has 2 aromatic heterocycles. The summed E-state index contributed by atoms with van der Waals surface area (Å²) in [6.45, 7) is 0. The number of methoxy groups -OCH3 is 2. The zero-order chi connectivity index (χ0) is 20.2. The Hall–Kier alpha value is -3.04. The molecule has 0 unspecified atom stereocenters. The highest BCUT2D eigenvalue weighted by molar-refractivity contribution is 7.98. The maximum atomic E-state index is 6.20. The second-order valence-electron chi connectivity index (χ2n) is 5.81. The molecule has 2 heterocycles. The third-order valence-corrected chi connectivity index (χ3v) is 5.18. The molecule has 0 saturated carbocycles. The normalized spacial score (nSPS) is 10.9. The highest BCUT2D eigenvalue weighted by Gasteiger charge is 2.14. The van der Waals surface area contributed by atoms with E-state index in [0.29, 0.717) is 45.0 Å². The lowest BCUT2D eigenvalue weighted by Crippen LogP contribution is -1.90. The van der Waals surface area contributed by atoms with Gasteiger partial charge in [0, 0.05) is 11.1 Å². The number of thioether (sulfide) groups is 1. The Labute approximate surface area is 175 Å². The predicted molar refractivity (Wildman–Crippen MR) is 109 cm³/mol. The number of ether oxygens (including phenoxy) is 2. The van der Waals surface area contributed by atoms with E-state index < -0.39 is 0 Å². The predicted octanol–water partition coefficient (Wildman–Crippen LogP) is 4.48. The topological polar surface area (TPSA) is 99.0 Å². The first-order valence-corrected chi connectivity index (χ1v) is 9.89. The maximum absolute atomic E-state index is 6.20. The Morgan fingerprint density at radius 1 is 1.07 bits per heavy atom. The van der Waals surface area contributed by atoms with E-state index in [1.54, 1.807) is 32.4 Å². The van der Waals surface area contributed by atoms with E-state index in [2.05, 4.69) is 25.4 Å². The molecule has 2 aromatic carbocycles. The number of benzene rings is 2. The Kier molecular flexibility index (Phi) is 5.68. The van der Waals surface area contributed by atoms with Crippen LogP contribution in [0, 0.1) is 0 Å². The van der Waals surface area contributed by atoms with Crippen LogP contribution in [0.5, 0.6) is 11.5 Å². The number of nitrogens with one attached hydrogen (secondary N) is 1. The zero-order valence-corrected chi connectivity index (χ0v) is 17.1. The van der Waals surface area contributed by atoms with Crippen LogP contribution in [0.1, 0.15) is 5.89 Å². The molecule has 0 fully saturated rings. The summed E-state index contributed by atoms with van der Waals surface area (Å²) in [5, 5.41) is 16.5. The van der Waals surface area contributed by atoms with Crippen LogP contribution in [0.15, 0.2) is 52.0 Å². The number of H-pyrrole nitrogens is 1. The Bertz CT molecular complexity index is 1130. The van der Waals surface area contributed by atoms with Gasteiger partial charge in [-0.3, -0.25) is 5.10 Å². The largest absolute Gasteiger partial charge is 0.493 e. The first-order chi connectivity index (χ1) is 14.2. The summed E-state index contributed by atoms with van der Waals surface area (Å²) >= 11 is 7.58. The summed E-state index contributed by atoms with van der Waals surface area (Å²) < 4.78 is 16.3. The van der Waals surface area contributed by atoms with Gasteiger partial charge in [0.25, 0.3) is 0 Å². The molecular formula is C19H16ClN5O3S. The fourth-order valence-electron chi connectivity index (χ4n) is 2.61. The minimum absolute atomic E-state index is 0.397. The van der Waals surface area contributed by atoms with Crippen LogP contribution in [0.2, 0.25) is 5.02 Å². The van der Waals surface area contributed by atoms with Crippen molar-refractivity contribution in [2.24, 2.45) is 0 Å². The summed E-state index contributed by atoms with van der Waals surface area (Å²) in [6, 6.07) is 12.8. The number of hydrogen-bond donors (Lipinski definition) is 1. The van der Waals surface area contributed by atoms with Crippen molar-refractivity contribution >= 4 is 23.4 Å². The van der Waals surface area contributed by atoms with Crippen LogP contribution in [-0.4, -0.2) is 39.6 Å². The third-order valence-electron chi connectivity index (χ3n) is 4.02. The quantitative estimate of drug-likeness (QED) is 0.429. The molecule has 0 amide bonds. The molecule has 0 aliphatic rings. The number of rotatable bonds is 7. The summed E-state index contributed by atoms with van der Waals surface area (Å²) in [5.41, 5.74) is 1.53. The number of halogens is 1. The van der Waals surface area contributed by atoms with Crippen LogP contribution in [0.4, 0.5) is 0 Å². The van der Waals surface area contributed by atoms with Crippen LogP contribution < -0.4 is 9.47 Å². The van der Waals surface area contributed by atoms with E-state index >= 15 is 0 Å². The standard InChI is InChI=1S/C19H16ClN5O3S/c1-26-14-8-7-11(9-15(14)27-2)18-24-22-16(28-18)10-29-19-21-17(23-25-19)12-5-3-4-6-13(12)20/h3-9H,10H2,1-2H3,(H,21,23,25). The van der Waals surface area contributed by atoms with Crippen LogP contribution in [0.25, 0.3) is 22.8 Å². The second-order valence-corrected chi connectivity index (χ2v) is 7.16. The molecule has 0 bridgehead atoms. The first kappa shape index (κ1) is 19.3. The van der Waals surface area contributed by atoms with E-state index in [1.165, 1.54) is 11.8 Å². The Balaban J connectivity index is 1.45. The van der Waals surface area contributed by atoms with Crippen molar-refractivity contribution in [1.29, 1.82) is 0 Å². The van der Waals surface area contributed by atoms with Gasteiger partial charge in [0.15, 0.2) is 17.3 Å². The van der Waals surface area contributed by atoms with Crippen molar-refractivity contribution in [2.75, 3.05) is 14.2 Å². The first-order valence-electron chi connectivity index (χ1n) is 8.53. The van der Waals surface area contributed by atoms with E-state index in [0.717, 1.165) is 11.1 Å². The van der Waals surface area contributed by atoms with E-state index in [-0.39, 0.29) is 0 Å². The summed E-state index contributed by atoms with van der Waals surface area (Å²) in [5.74, 6) is 3.12. The monoisotopic (exact) mass is 429 g/mol. The highest BCUT2D eigenvalue weighted by Crippen LogP contribution is 2.32. The van der Waals surface area contributed by atoms with Crippen LogP contribution >= 0.6 is 23.4 Å². The lowest BCUT2D eigenvalue weighted by Gasteiger charge is -2.07. The molecule has 0 spiro atoms. The Morgan fingerprint density at radius 2 is 1.90 bits per heavy atom. The molecule has 148 valence electrons. The average molecular weight is 430 g/mol. The van der Waals surface area contributed by atoms with Crippen LogP contribution in [0.3, 0.4) is 0 Å². The van der Waals surface area contributed by atoms with Crippen molar-refractivity contribution in [3.63, 3.8) is 0 Å². The van der Waals surface area contributed by atoms with Gasteiger partial charge in [-0.05, 0) is 30.3 Å². The molecule has 0 saturated heterocycles. The van der Waals surface area contributed by atoms with Gasteiger partial charge in [-0.25, -0.2) is 4.98 Å². The lowest BCUT2D eigenvalue weighted by atomic mass is 10.2. The van der Waals surface area contributed by atoms with Gasteiger partial charge in [-0.1, -0.05) is 35.5 Å². The zero-order valence-electron chi connectivity index (χ0n) is 15.5. The molecule has 0 radical (unpaired) electrons. The highest BCUT2D eigenvalue weighted by atomic mass is 35.5. The van der Waals surface area contributed by atoms with Crippen LogP contribution in [-0.2, 0) is 5.75 Å². The summed E-state index contributed by atoms with van der Waals surface area (Å²) in [7, 11) is 3.16. The van der Waals surface area contributed by atoms with Crippen molar-refractivity contribution in [2.45, 2.75) is 10.9 Å². The minimum Gasteiger partial charge on any atom is -0.493 e. The van der Waals surface area contributed by atoms with E-state index in [4.69, 9.17) is 25.5 Å². The van der Waals surface area contributed by atoms with Gasteiger partial charge in [-0.2, -0.15) is 0 Å². The summed E-state index contributed by atoms with van der Waals surface area (Å²) in [4.78, 5) is 4.45. The number of aromatic amines is 1. The molecular weight excluding hydrogens is 414 g/mol. The van der Waals surface area contributed by atoms with Crippen molar-refractivity contribution < 1.29 is 13.9 Å². The van der Waals surface area contributed by atoms with Gasteiger partial charge in [0.2, 0.25) is 16.9 Å². The number of hydrogen-bond acceptors (Lipinski definition) is 8. The lowest BCUT2D eigenvalue weighted by molar-refractivity contribution is 0.355. The van der Waals surface area contributed by atoms with E-state index in [9.17, 15) is 0 Å². The molecule has 8 nitrogen and oxygen atoms in total. The third kappa shape index (κ3) is 4.20. The second kappa shape index (κ2) is 8.54. The molecule has 10 heteroatoms. The van der Waals surface area contributed by atoms with E-state index in [1.807, 2.05) is 24.3 Å². The van der Waals surface area contributed by atoms with Gasteiger partial charge >= 0.3 is 0 Å². The average Bonchev–Trinajstić information content (AvgIpc) is 3.42. The summed E-state index contributed by atoms with van der Waals surface area (Å²) in [6.07, 6.45) is 0. The molecule has 4 aromatic rings. The fourth-order valence-corrected chi connectivity index (χ4v) is 3.47. The molecule has 4 rings (SSSR count). The van der Waals surface area contributed by atoms with Gasteiger partial charge in [-0.15, -0.1) is 15.3 Å². The molecule has 1 N–H and O–H groups in total. The number of nitrogens with zero attached hydrogens (tertiary/aromatic N) is 4. The fraction of sp³-hybridized carbons (Fsp3) is 0.158. The van der Waals surface area contributed by atoms with Crippen molar-refractivity contribution in [3.8, 4) is 34.3 Å². The molecule has 0 atom stereocenters. The van der Waals surface area contributed by atoms with Crippen molar-refractivity contribution in [3.05, 3.63) is 53.4 Å². The van der Waals surface area contributed by atoms with Gasteiger partial charge < -0.3 is 13.9 Å². The molecule has 0 aliphatic carbocycles. The maximum Gasteiger partial charge on any atom is 0.247 e. The smallest absolute Gasteiger partial charge is 0.247 e. The Morgan fingerprint density at radius 3 is 2.69 bits per heavy atom. The molecule has 29 heavy (non-hydrogen) atoms. The number of aromatic nitrogens is 5. The van der Waals surface area contributed by atoms with Gasteiger partial charge in [0.1, 0.15) is 0 Å². The van der Waals surface area contributed by atoms with Crippen molar-refractivity contribution in [1.82, 2.24) is 25.4 Å². The SMILES string of the molecule is COc1ccc(-c2nnc(CSc3n[nH]c(-c4ccccc4Cl)n3)o2)cc1OC. The minimum atomic E-state index is 0.397.